The third-order valence-electron chi connectivity index (χ3n) is 1.70. The number of primary amides is 1. The van der Waals surface area contributed by atoms with Crippen molar-refractivity contribution >= 4 is 23.3 Å². The number of carbonyl (C=O) groups excluding carboxylic acids is 1. The second-order valence-corrected chi connectivity index (χ2v) is 3.23. The quantitative estimate of drug-likeness (QED) is 0.792. The van der Waals surface area contributed by atoms with Gasteiger partial charge in [-0.1, -0.05) is 11.6 Å². The van der Waals surface area contributed by atoms with Crippen LogP contribution in [0.1, 0.15) is 5.56 Å². The number of ether oxygens (including phenoxy) is 1. The van der Waals surface area contributed by atoms with Crippen LogP contribution in [0.25, 0.3) is 0 Å². The number of hydrogen-bond donors (Lipinski definition) is 2. The predicted octanol–water partition coefficient (Wildman–Crippen LogP) is 2.15. The van der Waals surface area contributed by atoms with Crippen LogP contribution in [0.4, 0.5) is 10.5 Å². The van der Waals surface area contributed by atoms with Gasteiger partial charge in [0.2, 0.25) is 0 Å². The first-order valence-corrected chi connectivity index (χ1v) is 4.33. The Kier molecular flexibility index (Phi) is 3.19. The van der Waals surface area contributed by atoms with Crippen molar-refractivity contribution in [2.24, 2.45) is 5.73 Å². The molecule has 0 atom stereocenters. The lowest BCUT2D eigenvalue weighted by atomic mass is 10.2. The minimum Gasteiger partial charge on any atom is -0.494 e. The van der Waals surface area contributed by atoms with E-state index < -0.39 is 6.03 Å². The van der Waals surface area contributed by atoms with Gasteiger partial charge in [0.1, 0.15) is 5.75 Å². The predicted molar refractivity (Wildman–Crippen MR) is 55.9 cm³/mol. The first kappa shape index (κ1) is 10.7. The van der Waals surface area contributed by atoms with E-state index >= 15 is 0 Å². The molecule has 1 aromatic rings. The van der Waals surface area contributed by atoms with Gasteiger partial charge < -0.3 is 15.8 Å². The van der Waals surface area contributed by atoms with E-state index in [1.807, 2.05) is 6.92 Å². The Hall–Kier alpha value is -1.42. The molecule has 0 aromatic heterocycles. The number of carbonyl (C=O) groups is 1. The molecule has 4 nitrogen and oxygen atoms in total. The van der Waals surface area contributed by atoms with Crippen LogP contribution in [-0.4, -0.2) is 13.1 Å². The van der Waals surface area contributed by atoms with Crippen LogP contribution in [0, 0.1) is 6.92 Å². The summed E-state index contributed by atoms with van der Waals surface area (Å²) in [7, 11) is 1.52. The highest BCUT2D eigenvalue weighted by Crippen LogP contribution is 2.31. The highest BCUT2D eigenvalue weighted by Gasteiger charge is 2.09. The fourth-order valence-corrected chi connectivity index (χ4v) is 1.50. The van der Waals surface area contributed by atoms with E-state index in [1.165, 1.54) is 7.11 Å². The van der Waals surface area contributed by atoms with Gasteiger partial charge in [-0.15, -0.1) is 0 Å². The molecule has 0 aliphatic rings. The Labute approximate surface area is 87.0 Å². The summed E-state index contributed by atoms with van der Waals surface area (Å²) < 4.78 is 5.10. The maximum Gasteiger partial charge on any atom is 0.316 e. The van der Waals surface area contributed by atoms with Crippen LogP contribution in [0.5, 0.6) is 5.75 Å². The van der Waals surface area contributed by atoms with Crippen molar-refractivity contribution in [3.63, 3.8) is 0 Å². The summed E-state index contributed by atoms with van der Waals surface area (Å²) in [6.07, 6.45) is 0. The molecule has 0 aliphatic heterocycles. The van der Waals surface area contributed by atoms with Crippen LogP contribution in [-0.2, 0) is 0 Å². The van der Waals surface area contributed by atoms with Crippen molar-refractivity contribution in [3.8, 4) is 5.75 Å². The smallest absolute Gasteiger partial charge is 0.316 e. The van der Waals surface area contributed by atoms with Crippen LogP contribution >= 0.6 is 11.6 Å². The number of benzene rings is 1. The van der Waals surface area contributed by atoms with E-state index in [0.29, 0.717) is 16.5 Å². The Morgan fingerprint density at radius 1 is 1.57 bits per heavy atom. The Morgan fingerprint density at radius 3 is 2.71 bits per heavy atom. The topological polar surface area (TPSA) is 64.3 Å². The molecule has 1 rings (SSSR count). The third kappa shape index (κ3) is 2.29. The molecule has 0 saturated carbocycles. The van der Waals surface area contributed by atoms with Crippen molar-refractivity contribution in [1.82, 2.24) is 0 Å². The largest absolute Gasteiger partial charge is 0.494 e. The van der Waals surface area contributed by atoms with E-state index in [4.69, 9.17) is 22.1 Å². The minimum atomic E-state index is -0.648. The highest BCUT2D eigenvalue weighted by atomic mass is 35.5. The van der Waals surface area contributed by atoms with Crippen molar-refractivity contribution in [2.75, 3.05) is 12.4 Å². The maximum absolute atomic E-state index is 10.7. The summed E-state index contributed by atoms with van der Waals surface area (Å²) >= 11 is 5.81. The summed E-state index contributed by atoms with van der Waals surface area (Å²) in [5, 5.41) is 2.96. The normalized spacial score (nSPS) is 9.64. The van der Waals surface area contributed by atoms with E-state index in [9.17, 15) is 4.79 Å². The van der Waals surface area contributed by atoms with Gasteiger partial charge in [-0.25, -0.2) is 4.79 Å². The Balaban J connectivity index is 3.17. The Bertz CT molecular complexity index is 366. The van der Waals surface area contributed by atoms with Crippen LogP contribution < -0.4 is 15.8 Å². The van der Waals surface area contributed by atoms with Gasteiger partial charge in [0, 0.05) is 5.02 Å². The van der Waals surface area contributed by atoms with Crippen LogP contribution in [0.15, 0.2) is 12.1 Å². The number of rotatable bonds is 2. The third-order valence-corrected chi connectivity index (χ3v) is 1.92. The van der Waals surface area contributed by atoms with Crippen LogP contribution in [0.2, 0.25) is 5.02 Å². The number of nitrogens with two attached hydrogens (primary N) is 1. The zero-order chi connectivity index (χ0) is 10.7. The van der Waals surface area contributed by atoms with Gasteiger partial charge in [-0.05, 0) is 24.6 Å². The molecule has 0 heterocycles. The van der Waals surface area contributed by atoms with E-state index in [0.717, 1.165) is 5.56 Å². The summed E-state index contributed by atoms with van der Waals surface area (Å²) in [5.41, 5.74) is 6.31. The lowest BCUT2D eigenvalue weighted by Gasteiger charge is -2.11. The van der Waals surface area contributed by atoms with E-state index in [2.05, 4.69) is 5.32 Å². The molecule has 0 unspecified atom stereocenters. The summed E-state index contributed by atoms with van der Waals surface area (Å²) in [5.74, 6) is 0.563. The van der Waals surface area contributed by atoms with E-state index in [1.54, 1.807) is 12.1 Å². The number of hydrogen-bond acceptors (Lipinski definition) is 2. The SMILES string of the molecule is COc1c(C)cc(Cl)cc1NC(N)=O. The average molecular weight is 215 g/mol. The lowest BCUT2D eigenvalue weighted by molar-refractivity contribution is 0.259. The van der Waals surface area contributed by atoms with Crippen LogP contribution in [0.3, 0.4) is 0 Å². The number of nitrogens with one attached hydrogen (secondary N) is 1. The van der Waals surface area contributed by atoms with Crippen molar-refractivity contribution in [1.29, 1.82) is 0 Å². The molecular weight excluding hydrogens is 204 g/mol. The van der Waals surface area contributed by atoms with Gasteiger partial charge in [0.05, 0.1) is 12.8 Å². The first-order chi connectivity index (χ1) is 6.54. The number of urea groups is 1. The van der Waals surface area contributed by atoms with Gasteiger partial charge >= 0.3 is 6.03 Å². The number of halogens is 1. The van der Waals surface area contributed by atoms with Gasteiger partial charge in [-0.3, -0.25) is 0 Å². The number of methoxy groups -OCH3 is 1. The maximum atomic E-state index is 10.7. The molecule has 0 radical (unpaired) electrons. The molecule has 0 fully saturated rings. The summed E-state index contributed by atoms with van der Waals surface area (Å²) in [4.78, 5) is 10.7. The standard InChI is InChI=1S/C9H11ClN2O2/c1-5-3-6(10)4-7(8(5)14-2)12-9(11)13/h3-4H,1-2H3,(H3,11,12,13). The molecule has 0 spiro atoms. The molecule has 0 bridgehead atoms. The second kappa shape index (κ2) is 4.19. The Morgan fingerprint density at radius 2 is 2.21 bits per heavy atom. The lowest BCUT2D eigenvalue weighted by Crippen LogP contribution is -2.19. The zero-order valence-electron chi connectivity index (χ0n) is 7.93. The summed E-state index contributed by atoms with van der Waals surface area (Å²) in [6.45, 7) is 1.83. The van der Waals surface area contributed by atoms with Gasteiger partial charge in [0.15, 0.2) is 0 Å². The van der Waals surface area contributed by atoms with Gasteiger partial charge in [0.25, 0.3) is 0 Å². The molecule has 1 aromatic carbocycles. The molecular formula is C9H11ClN2O2. The van der Waals surface area contributed by atoms with Gasteiger partial charge in [-0.2, -0.15) is 0 Å². The summed E-state index contributed by atoms with van der Waals surface area (Å²) in [6, 6.07) is 2.68. The first-order valence-electron chi connectivity index (χ1n) is 3.95. The number of aryl methyl sites for hydroxylation is 1. The number of amides is 2. The van der Waals surface area contributed by atoms with E-state index in [-0.39, 0.29) is 0 Å². The van der Waals surface area contributed by atoms with Crippen molar-refractivity contribution < 1.29 is 9.53 Å². The molecule has 5 heteroatoms. The average Bonchev–Trinajstić information content (AvgIpc) is 2.01. The fourth-order valence-electron chi connectivity index (χ4n) is 1.23. The minimum absolute atomic E-state index is 0.477. The molecule has 0 aliphatic carbocycles. The van der Waals surface area contributed by atoms with Crippen molar-refractivity contribution in [3.05, 3.63) is 22.7 Å². The molecule has 0 saturated heterocycles. The fraction of sp³-hybridized carbons (Fsp3) is 0.222. The highest BCUT2D eigenvalue weighted by molar-refractivity contribution is 6.31. The molecule has 14 heavy (non-hydrogen) atoms. The molecule has 76 valence electrons. The monoisotopic (exact) mass is 214 g/mol. The number of anilines is 1. The molecule has 3 N–H and O–H groups in total. The second-order valence-electron chi connectivity index (χ2n) is 2.79. The van der Waals surface area contributed by atoms with Crippen molar-refractivity contribution in [2.45, 2.75) is 6.92 Å². The molecule has 2 amide bonds. The zero-order valence-corrected chi connectivity index (χ0v) is 8.68.